The Balaban J connectivity index is 2.36. The quantitative estimate of drug-likeness (QED) is 0.582. The lowest BCUT2D eigenvalue weighted by Crippen LogP contribution is -2.25. The van der Waals surface area contributed by atoms with E-state index in [4.69, 9.17) is 5.73 Å². The summed E-state index contributed by atoms with van der Waals surface area (Å²) in [7, 11) is 1.37. The molecule has 0 atom stereocenters. The molecule has 0 fully saturated rings. The topological polar surface area (TPSA) is 65.7 Å². The number of hydrogen-bond donors (Lipinski definition) is 2. The first-order valence-corrected chi connectivity index (χ1v) is 4.00. The van der Waals surface area contributed by atoms with E-state index in [0.29, 0.717) is 5.69 Å². The van der Waals surface area contributed by atoms with Crippen LogP contribution >= 0.6 is 0 Å². The van der Waals surface area contributed by atoms with Crippen molar-refractivity contribution in [2.45, 2.75) is 6.29 Å². The molecule has 0 saturated heterocycles. The predicted octanol–water partition coefficient (Wildman–Crippen LogP) is 1.56. The van der Waals surface area contributed by atoms with Crippen LogP contribution in [0.1, 0.15) is 0 Å². The molecule has 0 radical (unpaired) electrons. The van der Waals surface area contributed by atoms with Crippen LogP contribution in [0.2, 0.25) is 0 Å². The molecule has 0 spiro atoms. The number of hydrogen-bond acceptors (Lipinski definition) is 5. The second kappa shape index (κ2) is 3.13. The Kier molecular flexibility index (Phi) is 2.04. The van der Waals surface area contributed by atoms with E-state index >= 15 is 0 Å². The van der Waals surface area contributed by atoms with Gasteiger partial charge in [0.2, 0.25) is 0 Å². The molecule has 0 saturated carbocycles. The number of anilines is 2. The normalized spacial score (nSPS) is 16.5. The fourth-order valence-corrected chi connectivity index (χ4v) is 1.21. The van der Waals surface area contributed by atoms with Crippen LogP contribution in [-0.2, 0) is 4.84 Å². The maximum absolute atomic E-state index is 12.6. The molecule has 0 amide bonds. The molecule has 7 heteroatoms. The van der Waals surface area contributed by atoms with E-state index in [0.717, 1.165) is 0 Å². The summed E-state index contributed by atoms with van der Waals surface area (Å²) in [5.41, 5.74) is 8.52. The van der Waals surface area contributed by atoms with Crippen LogP contribution in [-0.4, -0.2) is 13.4 Å². The maximum atomic E-state index is 12.6. The van der Waals surface area contributed by atoms with E-state index in [1.54, 1.807) is 0 Å². The molecule has 2 rings (SSSR count). The van der Waals surface area contributed by atoms with Crippen molar-refractivity contribution in [1.82, 2.24) is 0 Å². The number of halogens is 2. The largest absolute Gasteiger partial charge is 0.586 e. The van der Waals surface area contributed by atoms with Crippen molar-refractivity contribution in [3.8, 4) is 11.5 Å². The van der Waals surface area contributed by atoms with Crippen molar-refractivity contribution in [2.24, 2.45) is 0 Å². The van der Waals surface area contributed by atoms with Crippen LogP contribution in [0, 0.1) is 0 Å². The third-order valence-electron chi connectivity index (χ3n) is 1.79. The molecule has 3 N–H and O–H groups in total. The average molecular weight is 218 g/mol. The molecule has 0 bridgehead atoms. The molecular formula is C8H8F2N2O3. The van der Waals surface area contributed by atoms with Gasteiger partial charge in [-0.2, -0.15) is 0 Å². The highest BCUT2D eigenvalue weighted by Gasteiger charge is 2.43. The van der Waals surface area contributed by atoms with Crippen LogP contribution in [0.4, 0.5) is 20.2 Å². The molecule has 0 aliphatic carbocycles. The lowest BCUT2D eigenvalue weighted by molar-refractivity contribution is -0.286. The number of nitrogens with two attached hydrogens (primary N) is 1. The van der Waals surface area contributed by atoms with Crippen LogP contribution in [0.15, 0.2) is 12.1 Å². The van der Waals surface area contributed by atoms with Crippen LogP contribution in [0.25, 0.3) is 0 Å². The van der Waals surface area contributed by atoms with Gasteiger partial charge in [-0.15, -0.1) is 8.78 Å². The van der Waals surface area contributed by atoms with Gasteiger partial charge in [0.05, 0.1) is 18.5 Å². The molecule has 1 aromatic rings. The van der Waals surface area contributed by atoms with Crippen molar-refractivity contribution < 1.29 is 23.1 Å². The van der Waals surface area contributed by atoms with Gasteiger partial charge in [0.1, 0.15) is 0 Å². The number of nitrogen functional groups attached to an aromatic ring is 1. The van der Waals surface area contributed by atoms with Crippen LogP contribution in [0.3, 0.4) is 0 Å². The summed E-state index contributed by atoms with van der Waals surface area (Å²) < 4.78 is 33.7. The Hall–Kier alpha value is -1.76. The van der Waals surface area contributed by atoms with Gasteiger partial charge in [-0.05, 0) is 0 Å². The molecule has 1 aliphatic rings. The summed E-state index contributed by atoms with van der Waals surface area (Å²) in [6.45, 7) is 0. The molecular weight excluding hydrogens is 210 g/mol. The second-order valence-corrected chi connectivity index (χ2v) is 2.86. The smallest absolute Gasteiger partial charge is 0.397 e. The molecule has 5 nitrogen and oxygen atoms in total. The maximum Gasteiger partial charge on any atom is 0.586 e. The van der Waals surface area contributed by atoms with Crippen molar-refractivity contribution >= 4 is 11.4 Å². The van der Waals surface area contributed by atoms with Crippen molar-refractivity contribution in [3.63, 3.8) is 0 Å². The first kappa shape index (κ1) is 9.78. The zero-order chi connectivity index (χ0) is 11.1. The summed E-state index contributed by atoms with van der Waals surface area (Å²) in [5, 5.41) is 0. The van der Waals surface area contributed by atoms with E-state index in [-0.39, 0.29) is 17.2 Å². The zero-order valence-electron chi connectivity index (χ0n) is 7.71. The van der Waals surface area contributed by atoms with Gasteiger partial charge in [0.15, 0.2) is 11.5 Å². The monoisotopic (exact) mass is 218 g/mol. The highest BCUT2D eigenvalue weighted by Crippen LogP contribution is 2.44. The summed E-state index contributed by atoms with van der Waals surface area (Å²) in [6, 6.07) is 2.51. The Labute approximate surface area is 83.7 Å². The molecule has 1 aromatic carbocycles. The lowest BCUT2D eigenvalue weighted by Gasteiger charge is -2.06. The van der Waals surface area contributed by atoms with E-state index in [2.05, 4.69) is 19.8 Å². The SMILES string of the molecule is CONc1cc2c(cc1N)OC(F)(F)O2. The Morgan fingerprint density at radius 1 is 1.33 bits per heavy atom. The summed E-state index contributed by atoms with van der Waals surface area (Å²) in [4.78, 5) is 4.61. The van der Waals surface area contributed by atoms with E-state index in [1.807, 2.05) is 0 Å². The molecule has 1 aliphatic heterocycles. The second-order valence-electron chi connectivity index (χ2n) is 2.86. The van der Waals surface area contributed by atoms with Crippen LogP contribution in [0.5, 0.6) is 11.5 Å². The Morgan fingerprint density at radius 3 is 2.53 bits per heavy atom. The standard InChI is InChI=1S/C8H8F2N2O3/c1-13-12-5-3-7-6(2-4(5)11)14-8(9,10)15-7/h2-3,12H,11H2,1H3. The van der Waals surface area contributed by atoms with Crippen molar-refractivity contribution in [3.05, 3.63) is 12.1 Å². The van der Waals surface area contributed by atoms with Crippen molar-refractivity contribution in [2.75, 3.05) is 18.3 Å². The Bertz CT molecular complexity index is 398. The van der Waals surface area contributed by atoms with Gasteiger partial charge in [0, 0.05) is 12.1 Å². The minimum absolute atomic E-state index is 0.0891. The van der Waals surface area contributed by atoms with E-state index in [9.17, 15) is 8.78 Å². The number of alkyl halides is 2. The van der Waals surface area contributed by atoms with Gasteiger partial charge < -0.3 is 15.2 Å². The zero-order valence-corrected chi connectivity index (χ0v) is 7.71. The summed E-state index contributed by atoms with van der Waals surface area (Å²) in [6.07, 6.45) is -3.64. The molecule has 0 unspecified atom stereocenters. The summed E-state index contributed by atoms with van der Waals surface area (Å²) in [5.74, 6) is -0.187. The van der Waals surface area contributed by atoms with Crippen LogP contribution < -0.4 is 20.7 Å². The number of nitrogens with one attached hydrogen (secondary N) is 1. The minimum Gasteiger partial charge on any atom is -0.397 e. The number of benzene rings is 1. The fourth-order valence-electron chi connectivity index (χ4n) is 1.21. The van der Waals surface area contributed by atoms with Gasteiger partial charge >= 0.3 is 6.29 Å². The predicted molar refractivity (Wildman–Crippen MR) is 47.7 cm³/mol. The van der Waals surface area contributed by atoms with Gasteiger partial charge in [-0.25, -0.2) is 0 Å². The highest BCUT2D eigenvalue weighted by molar-refractivity contribution is 5.71. The van der Waals surface area contributed by atoms with E-state index < -0.39 is 6.29 Å². The number of rotatable bonds is 2. The van der Waals surface area contributed by atoms with Gasteiger partial charge in [-0.1, -0.05) is 0 Å². The average Bonchev–Trinajstić information content (AvgIpc) is 2.39. The summed E-state index contributed by atoms with van der Waals surface area (Å²) >= 11 is 0. The molecule has 0 aromatic heterocycles. The third kappa shape index (κ3) is 1.73. The van der Waals surface area contributed by atoms with E-state index in [1.165, 1.54) is 19.2 Å². The minimum atomic E-state index is -3.64. The third-order valence-corrected chi connectivity index (χ3v) is 1.79. The van der Waals surface area contributed by atoms with Gasteiger partial charge in [-0.3, -0.25) is 10.3 Å². The molecule has 15 heavy (non-hydrogen) atoms. The molecule has 82 valence electrons. The Morgan fingerprint density at radius 2 is 1.93 bits per heavy atom. The van der Waals surface area contributed by atoms with Crippen molar-refractivity contribution in [1.29, 1.82) is 0 Å². The first-order valence-electron chi connectivity index (χ1n) is 4.00. The highest BCUT2D eigenvalue weighted by atomic mass is 19.3. The number of fused-ring (bicyclic) bond motifs is 1. The molecule has 1 heterocycles. The fraction of sp³-hybridized carbons (Fsp3) is 0.250. The number of ether oxygens (including phenoxy) is 2. The first-order chi connectivity index (χ1) is 7.02. The van der Waals surface area contributed by atoms with Gasteiger partial charge in [0.25, 0.3) is 0 Å². The lowest BCUT2D eigenvalue weighted by atomic mass is 10.2.